The van der Waals surface area contributed by atoms with E-state index < -0.39 is 8.80 Å². The third-order valence-corrected chi connectivity index (χ3v) is 3.20. The summed E-state index contributed by atoms with van der Waals surface area (Å²) < 4.78 is 0. The molecular formula is C12H21NSi. The fourth-order valence-corrected chi connectivity index (χ4v) is 2.52. The van der Waals surface area contributed by atoms with Gasteiger partial charge in [0.05, 0.1) is 8.80 Å². The molecule has 1 heterocycles. The summed E-state index contributed by atoms with van der Waals surface area (Å²) in [7, 11) is -0.653. The average Bonchev–Trinajstić information content (AvgIpc) is 2.01. The number of hydrogen-bond donors (Lipinski definition) is 1. The molecule has 0 saturated carbocycles. The standard InChI is InChI=1S/C12H21NSi/c1-12(2,3)10-7-6-8-13-11(10)9-14(4)5/h6-9,13-14H,1-5H3. The predicted molar refractivity (Wildman–Crippen MR) is 66.8 cm³/mol. The topological polar surface area (TPSA) is 12.0 Å². The third-order valence-electron chi connectivity index (χ3n) is 2.20. The zero-order chi connectivity index (χ0) is 10.8. The summed E-state index contributed by atoms with van der Waals surface area (Å²) in [6.45, 7) is 11.5. The van der Waals surface area contributed by atoms with Crippen LogP contribution in [-0.2, 0) is 0 Å². The van der Waals surface area contributed by atoms with Crippen molar-refractivity contribution < 1.29 is 0 Å². The zero-order valence-electron chi connectivity index (χ0n) is 9.89. The first-order chi connectivity index (χ1) is 6.41. The molecule has 2 heteroatoms. The summed E-state index contributed by atoms with van der Waals surface area (Å²) in [6.07, 6.45) is 6.32. The van der Waals surface area contributed by atoms with Crippen molar-refractivity contribution in [3.8, 4) is 0 Å². The van der Waals surface area contributed by atoms with Gasteiger partial charge in [0.2, 0.25) is 0 Å². The number of hydrogen-bond acceptors (Lipinski definition) is 1. The Hall–Kier alpha value is -0.763. The van der Waals surface area contributed by atoms with Crippen molar-refractivity contribution in [3.63, 3.8) is 0 Å². The maximum Gasteiger partial charge on any atom is 0.0581 e. The molecule has 1 aliphatic heterocycles. The molecule has 14 heavy (non-hydrogen) atoms. The van der Waals surface area contributed by atoms with Crippen molar-refractivity contribution in [1.82, 2.24) is 5.32 Å². The lowest BCUT2D eigenvalue weighted by Gasteiger charge is -2.27. The summed E-state index contributed by atoms with van der Waals surface area (Å²) in [5.74, 6) is 0. The quantitative estimate of drug-likeness (QED) is 0.652. The molecule has 0 aromatic rings. The first-order valence-corrected chi connectivity index (χ1v) is 8.25. The van der Waals surface area contributed by atoms with Crippen LogP contribution in [0.1, 0.15) is 20.8 Å². The normalized spacial score (nSPS) is 19.9. The Labute approximate surface area is 89.2 Å². The molecule has 1 aliphatic rings. The van der Waals surface area contributed by atoms with Crippen molar-refractivity contribution in [3.05, 3.63) is 35.3 Å². The van der Waals surface area contributed by atoms with E-state index in [2.05, 4.69) is 57.0 Å². The molecule has 0 spiro atoms. The van der Waals surface area contributed by atoms with Crippen LogP contribution in [0.25, 0.3) is 0 Å². The minimum absolute atomic E-state index is 0.229. The molecule has 1 rings (SSSR count). The van der Waals surface area contributed by atoms with Crippen molar-refractivity contribution in [2.45, 2.75) is 33.9 Å². The highest BCUT2D eigenvalue weighted by molar-refractivity contribution is 6.61. The average molecular weight is 207 g/mol. The van der Waals surface area contributed by atoms with Crippen molar-refractivity contribution in [2.24, 2.45) is 5.41 Å². The Bertz CT molecular complexity index is 290. The summed E-state index contributed by atoms with van der Waals surface area (Å²) >= 11 is 0. The van der Waals surface area contributed by atoms with Crippen molar-refractivity contribution in [2.75, 3.05) is 0 Å². The van der Waals surface area contributed by atoms with E-state index in [1.807, 2.05) is 6.20 Å². The van der Waals surface area contributed by atoms with Crippen LogP contribution >= 0.6 is 0 Å². The van der Waals surface area contributed by atoms with Crippen LogP contribution in [0, 0.1) is 5.41 Å². The summed E-state index contributed by atoms with van der Waals surface area (Å²) in [4.78, 5) is 0. The van der Waals surface area contributed by atoms with Crippen molar-refractivity contribution in [1.29, 1.82) is 0 Å². The van der Waals surface area contributed by atoms with Gasteiger partial charge in [0.25, 0.3) is 0 Å². The summed E-state index contributed by atoms with van der Waals surface area (Å²) in [6, 6.07) is 0. The van der Waals surface area contributed by atoms with E-state index in [1.54, 1.807) is 0 Å². The molecule has 0 bridgehead atoms. The van der Waals surface area contributed by atoms with Gasteiger partial charge in [0, 0.05) is 11.9 Å². The molecule has 1 N–H and O–H groups in total. The first-order valence-electron chi connectivity index (χ1n) is 5.27. The highest BCUT2D eigenvalue weighted by Crippen LogP contribution is 2.31. The van der Waals surface area contributed by atoms with Gasteiger partial charge in [-0.2, -0.15) is 0 Å². The van der Waals surface area contributed by atoms with E-state index in [0.29, 0.717) is 0 Å². The Morgan fingerprint density at radius 1 is 1.29 bits per heavy atom. The molecule has 0 atom stereocenters. The number of rotatable bonds is 1. The molecule has 0 amide bonds. The van der Waals surface area contributed by atoms with E-state index in [4.69, 9.17) is 0 Å². The van der Waals surface area contributed by atoms with E-state index in [0.717, 1.165) is 0 Å². The molecule has 0 fully saturated rings. The van der Waals surface area contributed by atoms with Crippen LogP contribution in [0.2, 0.25) is 13.1 Å². The van der Waals surface area contributed by atoms with Gasteiger partial charge in [-0.1, -0.05) is 45.6 Å². The fourth-order valence-electron chi connectivity index (χ4n) is 1.57. The minimum Gasteiger partial charge on any atom is -0.362 e. The smallest absolute Gasteiger partial charge is 0.0581 e. The molecule has 0 saturated heterocycles. The highest BCUT2D eigenvalue weighted by Gasteiger charge is 2.21. The van der Waals surface area contributed by atoms with E-state index in [9.17, 15) is 0 Å². The summed E-state index contributed by atoms with van der Waals surface area (Å²) in [5, 5.41) is 3.35. The molecule has 1 nitrogen and oxygen atoms in total. The second-order valence-corrected chi connectivity index (χ2v) is 7.98. The zero-order valence-corrected chi connectivity index (χ0v) is 11.0. The second-order valence-electron chi connectivity index (χ2n) is 5.16. The first kappa shape index (κ1) is 11.3. The van der Waals surface area contributed by atoms with E-state index in [-0.39, 0.29) is 5.41 Å². The van der Waals surface area contributed by atoms with Crippen LogP contribution in [0.4, 0.5) is 0 Å². The lowest BCUT2D eigenvalue weighted by atomic mass is 9.84. The molecule has 0 aliphatic carbocycles. The van der Waals surface area contributed by atoms with Crippen LogP contribution in [0.3, 0.4) is 0 Å². The van der Waals surface area contributed by atoms with Gasteiger partial charge in [0.1, 0.15) is 0 Å². The maximum atomic E-state index is 3.35. The number of dihydropyridines is 1. The lowest BCUT2D eigenvalue weighted by Crippen LogP contribution is -2.22. The Balaban J connectivity index is 2.99. The number of allylic oxidation sites excluding steroid dienone is 3. The van der Waals surface area contributed by atoms with Crippen LogP contribution < -0.4 is 5.32 Å². The minimum atomic E-state index is -0.653. The van der Waals surface area contributed by atoms with Gasteiger partial charge in [-0.3, -0.25) is 0 Å². The Kier molecular flexibility index (Phi) is 3.37. The summed E-state index contributed by atoms with van der Waals surface area (Å²) in [5.41, 5.74) is 5.39. The van der Waals surface area contributed by atoms with Gasteiger partial charge in [-0.15, -0.1) is 0 Å². The van der Waals surface area contributed by atoms with Gasteiger partial charge < -0.3 is 5.32 Å². The van der Waals surface area contributed by atoms with Crippen LogP contribution in [-0.4, -0.2) is 8.80 Å². The Morgan fingerprint density at radius 3 is 2.43 bits per heavy atom. The van der Waals surface area contributed by atoms with Gasteiger partial charge in [-0.25, -0.2) is 0 Å². The van der Waals surface area contributed by atoms with Crippen molar-refractivity contribution >= 4 is 8.80 Å². The molecule has 78 valence electrons. The third kappa shape index (κ3) is 2.88. The monoisotopic (exact) mass is 207 g/mol. The van der Waals surface area contributed by atoms with Crippen LogP contribution in [0.15, 0.2) is 35.3 Å². The fraction of sp³-hybridized carbons (Fsp3) is 0.500. The second kappa shape index (κ2) is 4.18. The predicted octanol–water partition coefficient (Wildman–Crippen LogP) is 2.99. The van der Waals surface area contributed by atoms with E-state index in [1.165, 1.54) is 11.3 Å². The van der Waals surface area contributed by atoms with Gasteiger partial charge >= 0.3 is 0 Å². The molecule has 0 radical (unpaired) electrons. The lowest BCUT2D eigenvalue weighted by molar-refractivity contribution is 0.504. The highest BCUT2D eigenvalue weighted by atomic mass is 28.3. The van der Waals surface area contributed by atoms with E-state index >= 15 is 0 Å². The maximum absolute atomic E-state index is 3.35. The van der Waals surface area contributed by atoms with Gasteiger partial charge in [0.15, 0.2) is 0 Å². The molecule has 0 unspecified atom stereocenters. The number of nitrogens with one attached hydrogen (secondary N) is 1. The van der Waals surface area contributed by atoms with Gasteiger partial charge in [-0.05, 0) is 17.1 Å². The molecule has 0 aromatic carbocycles. The Morgan fingerprint density at radius 2 is 1.93 bits per heavy atom. The SMILES string of the molecule is C[SiH](C)C=C1NC=CC=C1C(C)(C)C. The van der Waals surface area contributed by atoms with Crippen LogP contribution in [0.5, 0.6) is 0 Å². The molecule has 0 aromatic heterocycles. The molecular weight excluding hydrogens is 186 g/mol. The largest absolute Gasteiger partial charge is 0.362 e.